The highest BCUT2D eigenvalue weighted by atomic mass is 19.4. The number of amides is 1. The second-order valence-electron chi connectivity index (χ2n) is 7.52. The molecule has 1 saturated carbocycles. The van der Waals surface area contributed by atoms with E-state index in [0.29, 0.717) is 32.5 Å². The molecule has 0 spiro atoms. The molecule has 8 nitrogen and oxygen atoms in total. The van der Waals surface area contributed by atoms with Gasteiger partial charge in [0.1, 0.15) is 29.1 Å². The van der Waals surface area contributed by atoms with E-state index in [-0.39, 0.29) is 29.4 Å². The molecule has 1 aliphatic heterocycles. The number of hydrogen-bond donors (Lipinski definition) is 2. The molecule has 2 fully saturated rings. The molecule has 0 unspecified atom stereocenters. The van der Waals surface area contributed by atoms with Crippen molar-refractivity contribution in [1.29, 1.82) is 0 Å². The summed E-state index contributed by atoms with van der Waals surface area (Å²) in [7, 11) is 1.29. The van der Waals surface area contributed by atoms with Crippen LogP contribution in [0.1, 0.15) is 22.3 Å². The number of anilines is 3. The zero-order valence-corrected chi connectivity index (χ0v) is 17.4. The van der Waals surface area contributed by atoms with Crippen molar-refractivity contribution in [2.24, 2.45) is 0 Å². The van der Waals surface area contributed by atoms with Gasteiger partial charge in [-0.15, -0.1) is 0 Å². The number of aromatic nitrogens is 2. The predicted molar refractivity (Wildman–Crippen MR) is 107 cm³/mol. The SMILES string of the molecule is COc1cc(C(=O)N2CCOCC2)c(F)cc1Nc1ncc(C(F)(F)F)c(N[C@@H]2C[C@@H]2F)n1. The van der Waals surface area contributed by atoms with Crippen molar-refractivity contribution in [2.75, 3.05) is 44.0 Å². The van der Waals surface area contributed by atoms with Crippen molar-refractivity contribution in [3.8, 4) is 5.75 Å². The van der Waals surface area contributed by atoms with Crippen molar-refractivity contribution in [3.05, 3.63) is 35.3 Å². The standard InChI is InChI=1S/C20H20F5N5O3/c1-32-16-6-10(18(31)30-2-4-33-5-3-30)12(21)7-15(16)28-19-26-9-11(20(23,24)25)17(29-19)27-14-8-13(14)22/h6-7,9,13-14H,2-5,8H2,1H3,(H2,26,27,28,29)/t13-,14+/m0/s1. The number of ether oxygens (including phenoxy) is 2. The van der Waals surface area contributed by atoms with Gasteiger partial charge in [-0.25, -0.2) is 13.8 Å². The van der Waals surface area contributed by atoms with Crippen molar-refractivity contribution in [3.63, 3.8) is 0 Å². The minimum absolute atomic E-state index is 0.00553. The zero-order valence-electron chi connectivity index (χ0n) is 17.4. The Morgan fingerprint density at radius 3 is 2.58 bits per heavy atom. The van der Waals surface area contributed by atoms with Gasteiger partial charge in [0.25, 0.3) is 5.91 Å². The Kier molecular flexibility index (Phi) is 6.23. The maximum absolute atomic E-state index is 14.8. The van der Waals surface area contributed by atoms with Crippen molar-refractivity contribution in [1.82, 2.24) is 14.9 Å². The number of nitrogens with one attached hydrogen (secondary N) is 2. The monoisotopic (exact) mass is 473 g/mol. The molecule has 2 atom stereocenters. The first-order valence-corrected chi connectivity index (χ1v) is 10.0. The van der Waals surface area contributed by atoms with Gasteiger partial charge in [0.15, 0.2) is 0 Å². The third-order valence-corrected chi connectivity index (χ3v) is 5.19. The van der Waals surface area contributed by atoms with Crippen LogP contribution in [0.15, 0.2) is 18.3 Å². The fourth-order valence-corrected chi connectivity index (χ4v) is 3.29. The first-order valence-electron chi connectivity index (χ1n) is 10.0. The lowest BCUT2D eigenvalue weighted by molar-refractivity contribution is -0.137. The lowest BCUT2D eigenvalue weighted by atomic mass is 10.1. The molecule has 1 aliphatic carbocycles. The van der Waals surface area contributed by atoms with Gasteiger partial charge < -0.3 is 25.0 Å². The molecule has 1 aromatic heterocycles. The van der Waals surface area contributed by atoms with E-state index < -0.39 is 41.5 Å². The van der Waals surface area contributed by atoms with E-state index >= 15 is 0 Å². The van der Waals surface area contributed by atoms with Crippen LogP contribution >= 0.6 is 0 Å². The topological polar surface area (TPSA) is 88.6 Å². The van der Waals surface area contributed by atoms with Crippen LogP contribution in [0.5, 0.6) is 5.75 Å². The Balaban J connectivity index is 1.61. The highest BCUT2D eigenvalue weighted by Gasteiger charge is 2.41. The number of morpholine rings is 1. The van der Waals surface area contributed by atoms with Crippen molar-refractivity contribution in [2.45, 2.75) is 24.8 Å². The van der Waals surface area contributed by atoms with Gasteiger partial charge in [-0.2, -0.15) is 18.2 Å². The van der Waals surface area contributed by atoms with Crippen LogP contribution in [0.3, 0.4) is 0 Å². The summed E-state index contributed by atoms with van der Waals surface area (Å²) in [5.74, 6) is -2.24. The van der Waals surface area contributed by atoms with Crippen LogP contribution in [-0.4, -0.2) is 66.4 Å². The van der Waals surface area contributed by atoms with Crippen LogP contribution in [0.2, 0.25) is 0 Å². The van der Waals surface area contributed by atoms with Crippen molar-refractivity contribution < 1.29 is 36.2 Å². The smallest absolute Gasteiger partial charge is 0.421 e. The summed E-state index contributed by atoms with van der Waals surface area (Å²) >= 11 is 0. The Labute approximate surface area is 185 Å². The van der Waals surface area contributed by atoms with Crippen LogP contribution in [0.25, 0.3) is 0 Å². The molecule has 1 aromatic carbocycles. The highest BCUT2D eigenvalue weighted by molar-refractivity contribution is 5.96. The van der Waals surface area contributed by atoms with Crippen molar-refractivity contribution >= 4 is 23.4 Å². The maximum Gasteiger partial charge on any atom is 0.421 e. The molecule has 13 heteroatoms. The number of rotatable bonds is 6. The molecular formula is C20H20F5N5O3. The van der Waals surface area contributed by atoms with E-state index in [0.717, 1.165) is 6.07 Å². The molecule has 2 aliphatic rings. The summed E-state index contributed by atoms with van der Waals surface area (Å²) in [6.45, 7) is 1.32. The van der Waals surface area contributed by atoms with E-state index in [1.807, 2.05) is 0 Å². The number of benzene rings is 1. The van der Waals surface area contributed by atoms with E-state index in [4.69, 9.17) is 9.47 Å². The fourth-order valence-electron chi connectivity index (χ4n) is 3.29. The molecule has 178 valence electrons. The van der Waals surface area contributed by atoms with E-state index in [9.17, 15) is 26.7 Å². The predicted octanol–water partition coefficient (Wildman–Crippen LogP) is 3.38. The van der Waals surface area contributed by atoms with Crippen LogP contribution in [-0.2, 0) is 10.9 Å². The first-order chi connectivity index (χ1) is 15.7. The molecule has 33 heavy (non-hydrogen) atoms. The van der Waals surface area contributed by atoms with Crippen LogP contribution in [0, 0.1) is 5.82 Å². The Morgan fingerprint density at radius 1 is 1.27 bits per heavy atom. The Hall–Kier alpha value is -3.22. The molecule has 1 saturated heterocycles. The largest absolute Gasteiger partial charge is 0.495 e. The van der Waals surface area contributed by atoms with E-state index in [1.54, 1.807) is 0 Å². The molecule has 4 rings (SSSR count). The number of carbonyl (C=O) groups is 1. The first kappa shape index (κ1) is 23.0. The van der Waals surface area contributed by atoms with Gasteiger partial charge in [-0.1, -0.05) is 0 Å². The fraction of sp³-hybridized carbons (Fsp3) is 0.450. The minimum atomic E-state index is -4.76. The molecule has 2 aromatic rings. The van der Waals surface area contributed by atoms with Gasteiger partial charge >= 0.3 is 6.18 Å². The molecule has 1 amide bonds. The average Bonchev–Trinajstić information content (AvgIpc) is 3.47. The highest BCUT2D eigenvalue weighted by Crippen LogP contribution is 2.38. The molecule has 2 N–H and O–H groups in total. The minimum Gasteiger partial charge on any atom is -0.495 e. The van der Waals surface area contributed by atoms with E-state index in [1.165, 1.54) is 18.1 Å². The molecule has 0 radical (unpaired) electrons. The van der Waals surface area contributed by atoms with Gasteiger partial charge in [-0.3, -0.25) is 4.79 Å². The van der Waals surface area contributed by atoms with Crippen LogP contribution in [0.4, 0.5) is 39.4 Å². The number of methoxy groups -OCH3 is 1. The number of nitrogens with zero attached hydrogens (tertiary/aromatic N) is 3. The third kappa shape index (κ3) is 5.07. The van der Waals surface area contributed by atoms with Crippen LogP contribution < -0.4 is 15.4 Å². The molecule has 0 bridgehead atoms. The Bertz CT molecular complexity index is 1050. The van der Waals surface area contributed by atoms with Gasteiger partial charge in [-0.05, 0) is 6.07 Å². The zero-order chi connectivity index (χ0) is 23.8. The average molecular weight is 473 g/mol. The maximum atomic E-state index is 14.8. The Morgan fingerprint density at radius 2 is 1.97 bits per heavy atom. The number of alkyl halides is 4. The van der Waals surface area contributed by atoms with Gasteiger partial charge in [0, 0.05) is 31.8 Å². The lowest BCUT2D eigenvalue weighted by Gasteiger charge is -2.27. The second-order valence-corrected chi connectivity index (χ2v) is 7.52. The third-order valence-electron chi connectivity index (χ3n) is 5.19. The molecule has 2 heterocycles. The summed E-state index contributed by atoms with van der Waals surface area (Å²) in [5, 5.41) is 5.02. The summed E-state index contributed by atoms with van der Waals surface area (Å²) in [4.78, 5) is 21.5. The second kappa shape index (κ2) is 8.96. The normalized spacial score (nSPS) is 20.4. The summed E-state index contributed by atoms with van der Waals surface area (Å²) in [6.07, 6.45) is -5.40. The summed E-state index contributed by atoms with van der Waals surface area (Å²) in [6, 6.07) is 1.39. The number of halogens is 5. The van der Waals surface area contributed by atoms with E-state index in [2.05, 4.69) is 20.6 Å². The number of carbonyl (C=O) groups excluding carboxylic acids is 1. The summed E-state index contributed by atoms with van der Waals surface area (Å²) in [5.41, 5.74) is -1.39. The van der Waals surface area contributed by atoms with Gasteiger partial charge in [0.05, 0.1) is 37.6 Å². The lowest BCUT2D eigenvalue weighted by Crippen LogP contribution is -2.41. The summed E-state index contributed by atoms with van der Waals surface area (Å²) < 4.78 is 78.2. The molecular weight excluding hydrogens is 453 g/mol. The number of hydrogen-bond acceptors (Lipinski definition) is 7. The van der Waals surface area contributed by atoms with Gasteiger partial charge in [0.2, 0.25) is 5.95 Å². The quantitative estimate of drug-likeness (QED) is 0.622.